The molecule has 7 nitrogen and oxygen atoms in total. The van der Waals surface area contributed by atoms with Gasteiger partial charge in [-0.2, -0.15) is 12.8 Å². The van der Waals surface area contributed by atoms with Gasteiger partial charge in [-0.25, -0.2) is 0 Å². The van der Waals surface area contributed by atoms with E-state index in [1.54, 1.807) is 11.5 Å². The van der Waals surface area contributed by atoms with Crippen LogP contribution in [-0.2, 0) is 27.4 Å². The minimum Gasteiger partial charge on any atom is -0.391 e. The standard InChI is InChI=1S/C27H35N3OS.CH4O3S/c1-26(2)21-12-11-19(18-22(21)27(3,4)25(26)31)8-7-13-29-14-16-30(17-15-29)24-20-9-5-6-10-23(20)32-28-24;1-5(2,3)4/h5-6,9-12,18,25,31H,7-8,13-17H2,1-4H3;1H3,(H,2,3,4). The van der Waals surface area contributed by atoms with Crippen LogP contribution in [-0.4, -0.2) is 72.4 Å². The Morgan fingerprint density at radius 1 is 1.00 bits per heavy atom. The summed E-state index contributed by atoms with van der Waals surface area (Å²) in [7, 11) is -3.67. The molecular formula is C28H39N3O4S2. The summed E-state index contributed by atoms with van der Waals surface area (Å²) < 4.78 is 31.9. The van der Waals surface area contributed by atoms with Crippen molar-refractivity contribution in [3.8, 4) is 0 Å². The van der Waals surface area contributed by atoms with Gasteiger partial charge in [0, 0.05) is 42.4 Å². The molecule has 1 saturated heterocycles. The number of anilines is 1. The van der Waals surface area contributed by atoms with E-state index in [9.17, 15) is 13.5 Å². The second kappa shape index (κ2) is 10.6. The lowest BCUT2D eigenvalue weighted by molar-refractivity contribution is 0.0566. The summed E-state index contributed by atoms with van der Waals surface area (Å²) in [6.07, 6.45) is 2.64. The Morgan fingerprint density at radius 3 is 2.30 bits per heavy atom. The fraction of sp³-hybridized carbons (Fsp3) is 0.536. The number of aliphatic hydroxyl groups excluding tert-OH is 1. The summed E-state index contributed by atoms with van der Waals surface area (Å²) >= 11 is 1.61. The third kappa shape index (κ3) is 6.17. The van der Waals surface area contributed by atoms with E-state index in [1.165, 1.54) is 33.2 Å². The van der Waals surface area contributed by atoms with Crippen molar-refractivity contribution in [2.24, 2.45) is 0 Å². The molecule has 2 N–H and O–H groups in total. The van der Waals surface area contributed by atoms with Gasteiger partial charge in [0.15, 0.2) is 0 Å². The van der Waals surface area contributed by atoms with Crippen molar-refractivity contribution in [3.05, 3.63) is 59.2 Å². The van der Waals surface area contributed by atoms with Crippen LogP contribution in [0.4, 0.5) is 5.82 Å². The highest BCUT2D eigenvalue weighted by Gasteiger charge is 2.50. The number of nitrogens with zero attached hydrogens (tertiary/aromatic N) is 3. The van der Waals surface area contributed by atoms with Crippen molar-refractivity contribution < 1.29 is 18.1 Å². The summed E-state index contributed by atoms with van der Waals surface area (Å²) in [6.45, 7) is 14.1. The number of hydrogen-bond acceptors (Lipinski definition) is 7. The van der Waals surface area contributed by atoms with Gasteiger partial charge in [0.2, 0.25) is 0 Å². The average molecular weight is 546 g/mol. The summed E-state index contributed by atoms with van der Waals surface area (Å²) in [5.41, 5.74) is 3.67. The van der Waals surface area contributed by atoms with E-state index < -0.39 is 10.1 Å². The molecule has 1 aromatic heterocycles. The summed E-state index contributed by atoms with van der Waals surface area (Å²) in [6, 6.07) is 15.5. The van der Waals surface area contributed by atoms with E-state index >= 15 is 0 Å². The van der Waals surface area contributed by atoms with Gasteiger partial charge in [-0.1, -0.05) is 58.0 Å². The lowest BCUT2D eigenvalue weighted by atomic mass is 9.78. The first-order valence-electron chi connectivity index (χ1n) is 12.8. The predicted octanol–water partition coefficient (Wildman–Crippen LogP) is 4.48. The molecule has 37 heavy (non-hydrogen) atoms. The first kappa shape index (κ1) is 28.0. The van der Waals surface area contributed by atoms with Crippen LogP contribution >= 0.6 is 11.5 Å². The number of hydrogen-bond donors (Lipinski definition) is 2. The topological polar surface area (TPSA) is 94.0 Å². The number of rotatable bonds is 5. The molecule has 0 spiro atoms. The number of piperazine rings is 1. The molecule has 1 unspecified atom stereocenters. The molecule has 1 aliphatic heterocycles. The molecule has 0 radical (unpaired) electrons. The summed E-state index contributed by atoms with van der Waals surface area (Å²) in [4.78, 5) is 5.04. The monoisotopic (exact) mass is 545 g/mol. The van der Waals surface area contributed by atoms with E-state index in [-0.39, 0.29) is 16.9 Å². The van der Waals surface area contributed by atoms with Crippen molar-refractivity contribution in [3.63, 3.8) is 0 Å². The molecule has 1 fully saturated rings. The van der Waals surface area contributed by atoms with Gasteiger partial charge in [0.1, 0.15) is 5.82 Å². The molecule has 9 heteroatoms. The Balaban J connectivity index is 0.000000586. The number of benzene rings is 2. The normalized spacial score (nSPS) is 20.9. The molecule has 1 aliphatic carbocycles. The number of aromatic nitrogens is 1. The highest BCUT2D eigenvalue weighted by Crippen LogP contribution is 2.49. The SMILES string of the molecule is CC1(C)c2ccc(CCCN3CCN(c4nsc5ccccc45)CC3)cc2C(C)(C)C1O.CS(=O)(=O)O. The van der Waals surface area contributed by atoms with Crippen LogP contribution in [0.15, 0.2) is 42.5 Å². The summed E-state index contributed by atoms with van der Waals surface area (Å²) in [5, 5.41) is 12.2. The molecular weight excluding hydrogens is 506 g/mol. The molecule has 1 atom stereocenters. The number of aryl methyl sites for hydroxylation is 1. The van der Waals surface area contributed by atoms with Gasteiger partial charge in [0.25, 0.3) is 10.1 Å². The van der Waals surface area contributed by atoms with Crippen LogP contribution < -0.4 is 4.90 Å². The largest absolute Gasteiger partial charge is 0.391 e. The van der Waals surface area contributed by atoms with Gasteiger partial charge in [-0.15, -0.1) is 0 Å². The molecule has 2 aromatic carbocycles. The van der Waals surface area contributed by atoms with Crippen molar-refractivity contribution in [2.45, 2.75) is 57.5 Å². The lowest BCUT2D eigenvalue weighted by Crippen LogP contribution is -2.46. The molecule has 3 aromatic rings. The third-order valence-electron chi connectivity index (χ3n) is 7.81. The van der Waals surface area contributed by atoms with Crippen LogP contribution in [0.5, 0.6) is 0 Å². The van der Waals surface area contributed by atoms with Gasteiger partial charge >= 0.3 is 0 Å². The maximum Gasteiger partial charge on any atom is 0.261 e. The van der Waals surface area contributed by atoms with Crippen molar-refractivity contribution in [1.82, 2.24) is 9.27 Å². The van der Waals surface area contributed by atoms with Crippen molar-refractivity contribution in [2.75, 3.05) is 43.9 Å². The van der Waals surface area contributed by atoms with Crippen LogP contribution in [0.3, 0.4) is 0 Å². The first-order chi connectivity index (χ1) is 17.3. The van der Waals surface area contributed by atoms with Gasteiger partial charge in [-0.05, 0) is 59.7 Å². The van der Waals surface area contributed by atoms with Crippen molar-refractivity contribution in [1.29, 1.82) is 0 Å². The average Bonchev–Trinajstić information content (AvgIpc) is 3.31. The van der Waals surface area contributed by atoms with Gasteiger partial charge in [-0.3, -0.25) is 9.45 Å². The van der Waals surface area contributed by atoms with Gasteiger partial charge in [0.05, 0.1) is 17.1 Å². The highest BCUT2D eigenvalue weighted by molar-refractivity contribution is 7.85. The molecule has 0 bridgehead atoms. The van der Waals surface area contributed by atoms with Crippen LogP contribution in [0.2, 0.25) is 0 Å². The first-order valence-corrected chi connectivity index (χ1v) is 15.5. The Bertz CT molecular complexity index is 1330. The molecule has 2 heterocycles. The fourth-order valence-corrected chi connectivity index (χ4v) is 6.63. The summed E-state index contributed by atoms with van der Waals surface area (Å²) in [5.74, 6) is 1.16. The molecule has 202 valence electrons. The lowest BCUT2D eigenvalue weighted by Gasteiger charge is -2.35. The maximum atomic E-state index is 10.9. The number of fused-ring (bicyclic) bond motifs is 2. The number of aliphatic hydroxyl groups is 1. The van der Waals surface area contributed by atoms with E-state index in [1.807, 2.05) is 0 Å². The van der Waals surface area contributed by atoms with Crippen molar-refractivity contribution >= 4 is 37.6 Å². The molecule has 2 aliphatic rings. The maximum absolute atomic E-state index is 10.9. The van der Waals surface area contributed by atoms with E-state index in [0.717, 1.165) is 45.0 Å². The zero-order valence-corrected chi connectivity index (χ0v) is 24.1. The Morgan fingerprint density at radius 2 is 1.62 bits per heavy atom. The van der Waals surface area contributed by atoms with Crippen LogP contribution in [0.1, 0.15) is 50.8 Å². The van der Waals surface area contributed by atoms with Gasteiger partial charge < -0.3 is 10.0 Å². The second-order valence-electron chi connectivity index (χ2n) is 11.4. The zero-order chi connectivity index (χ0) is 27.0. The Kier molecular flexibility index (Phi) is 8.03. The van der Waals surface area contributed by atoms with E-state index in [4.69, 9.17) is 8.93 Å². The highest BCUT2D eigenvalue weighted by atomic mass is 32.2. The van der Waals surface area contributed by atoms with Crippen LogP contribution in [0.25, 0.3) is 10.1 Å². The van der Waals surface area contributed by atoms with Crippen LogP contribution in [0, 0.1) is 0 Å². The Labute approximate surface area is 225 Å². The molecule has 0 saturated carbocycles. The second-order valence-corrected chi connectivity index (χ2v) is 13.7. The minimum atomic E-state index is -3.67. The molecule has 5 rings (SSSR count). The molecule has 0 amide bonds. The predicted molar refractivity (Wildman–Crippen MR) is 153 cm³/mol. The smallest absolute Gasteiger partial charge is 0.261 e. The fourth-order valence-electron chi connectivity index (χ4n) is 5.83. The quantitative estimate of drug-likeness (QED) is 0.457. The Hall–Kier alpha value is -2.04. The van der Waals surface area contributed by atoms with E-state index in [2.05, 4.69) is 80.0 Å². The zero-order valence-electron chi connectivity index (χ0n) is 22.4. The third-order valence-corrected chi connectivity index (χ3v) is 8.63. The minimum absolute atomic E-state index is 0.181. The van der Waals surface area contributed by atoms with E-state index in [0.29, 0.717) is 6.26 Å².